The maximum atomic E-state index is 8.80. The molecular weight excluding hydrogens is 237 g/mol. The van der Waals surface area contributed by atoms with Crippen LogP contribution >= 0.6 is 9.39 Å². The van der Waals surface area contributed by atoms with E-state index in [1.165, 1.54) is 0 Å². The molecule has 1 atom stereocenters. The van der Waals surface area contributed by atoms with Gasteiger partial charge in [-0.3, -0.25) is 15.4 Å². The van der Waals surface area contributed by atoms with Crippen LogP contribution in [0.1, 0.15) is 12.8 Å². The summed E-state index contributed by atoms with van der Waals surface area (Å²) < 4.78 is 2.22. The molecule has 5 N–H and O–H groups in total. The van der Waals surface area contributed by atoms with Crippen molar-refractivity contribution in [3.05, 3.63) is 12.1 Å². The van der Waals surface area contributed by atoms with Gasteiger partial charge in [-0.1, -0.05) is 9.39 Å². The van der Waals surface area contributed by atoms with Crippen LogP contribution in [0.15, 0.2) is 12.1 Å². The standard InChI is InChI=1S/C10H18N5OP/c11-8-1-2-9(14-16)13-10(8)12-7-3-5-15(17)6-4-7/h1-2,7,16H,3-6,11,17H2,(H2,12,13,14). The number of nitrogens with zero attached hydrogens (tertiary/aromatic N) is 2. The normalized spacial score (nSPS) is 18.0. The summed E-state index contributed by atoms with van der Waals surface area (Å²) in [6.07, 6.45) is 2.11. The molecule has 0 bridgehead atoms. The van der Waals surface area contributed by atoms with Crippen molar-refractivity contribution < 1.29 is 5.21 Å². The van der Waals surface area contributed by atoms with Gasteiger partial charge >= 0.3 is 0 Å². The fourth-order valence-electron chi connectivity index (χ4n) is 1.88. The van der Waals surface area contributed by atoms with Crippen molar-refractivity contribution in [2.75, 3.05) is 29.6 Å². The fraction of sp³-hybridized carbons (Fsp3) is 0.500. The molecule has 94 valence electrons. The first-order chi connectivity index (χ1) is 8.19. The number of aromatic nitrogens is 1. The van der Waals surface area contributed by atoms with E-state index in [1.807, 2.05) is 5.48 Å². The molecule has 1 aromatic heterocycles. The Balaban J connectivity index is 2.02. The molecule has 0 aliphatic carbocycles. The minimum atomic E-state index is 0.385. The van der Waals surface area contributed by atoms with Gasteiger partial charge in [0.25, 0.3) is 0 Å². The minimum absolute atomic E-state index is 0.385. The molecule has 0 spiro atoms. The molecule has 1 aromatic rings. The van der Waals surface area contributed by atoms with Crippen LogP contribution in [0.4, 0.5) is 17.3 Å². The van der Waals surface area contributed by atoms with Crippen molar-refractivity contribution in [1.29, 1.82) is 0 Å². The van der Waals surface area contributed by atoms with Crippen LogP contribution in [0, 0.1) is 0 Å². The van der Waals surface area contributed by atoms with Crippen LogP contribution < -0.4 is 16.5 Å². The van der Waals surface area contributed by atoms with Crippen LogP contribution in [-0.4, -0.2) is 34.0 Å². The van der Waals surface area contributed by atoms with Gasteiger partial charge in [0.15, 0.2) is 11.6 Å². The van der Waals surface area contributed by atoms with Gasteiger partial charge in [-0.25, -0.2) is 4.98 Å². The summed E-state index contributed by atoms with van der Waals surface area (Å²) in [6.45, 7) is 2.08. The highest BCUT2D eigenvalue weighted by atomic mass is 31.0. The Bertz CT molecular complexity index is 381. The Morgan fingerprint density at radius 2 is 2.12 bits per heavy atom. The Labute approximate surface area is 103 Å². The molecule has 1 aliphatic heterocycles. The number of hydrogen-bond donors (Lipinski definition) is 4. The summed E-state index contributed by atoms with van der Waals surface area (Å²) in [6, 6.07) is 3.74. The maximum absolute atomic E-state index is 8.80. The monoisotopic (exact) mass is 255 g/mol. The van der Waals surface area contributed by atoms with Gasteiger partial charge in [-0.15, -0.1) is 0 Å². The molecular formula is C10H18N5OP. The quantitative estimate of drug-likeness (QED) is 0.478. The Morgan fingerprint density at radius 1 is 1.41 bits per heavy atom. The lowest BCUT2D eigenvalue weighted by Gasteiger charge is -2.29. The smallest absolute Gasteiger partial charge is 0.152 e. The topological polar surface area (TPSA) is 86.4 Å². The zero-order valence-electron chi connectivity index (χ0n) is 9.56. The van der Waals surface area contributed by atoms with Gasteiger partial charge in [0.1, 0.15) is 0 Å². The van der Waals surface area contributed by atoms with Crippen LogP contribution in [0.2, 0.25) is 0 Å². The highest BCUT2D eigenvalue weighted by Gasteiger charge is 2.17. The largest absolute Gasteiger partial charge is 0.396 e. The Morgan fingerprint density at radius 3 is 2.76 bits per heavy atom. The third-order valence-corrected chi connectivity index (χ3v) is 3.43. The number of nitrogens with one attached hydrogen (secondary N) is 2. The van der Waals surface area contributed by atoms with E-state index in [0.717, 1.165) is 25.9 Å². The molecule has 1 unspecified atom stereocenters. The van der Waals surface area contributed by atoms with E-state index in [1.54, 1.807) is 12.1 Å². The number of nitrogen functional groups attached to an aromatic ring is 1. The first-order valence-corrected chi connectivity index (χ1v) is 6.13. The average Bonchev–Trinajstić information content (AvgIpc) is 2.35. The lowest BCUT2D eigenvalue weighted by atomic mass is 10.1. The zero-order valence-corrected chi connectivity index (χ0v) is 10.7. The van der Waals surface area contributed by atoms with Crippen LogP contribution in [0.25, 0.3) is 0 Å². The predicted octanol–water partition coefficient (Wildman–Crippen LogP) is 1.13. The first-order valence-electron chi connectivity index (χ1n) is 5.62. The molecule has 0 amide bonds. The van der Waals surface area contributed by atoms with Crippen molar-refractivity contribution >= 4 is 26.7 Å². The van der Waals surface area contributed by atoms with Crippen LogP contribution in [-0.2, 0) is 0 Å². The Kier molecular flexibility index (Phi) is 3.99. The third kappa shape index (κ3) is 3.19. The molecule has 7 heteroatoms. The number of anilines is 3. The van der Waals surface area contributed by atoms with E-state index in [9.17, 15) is 0 Å². The van der Waals surface area contributed by atoms with Gasteiger partial charge < -0.3 is 11.1 Å². The summed E-state index contributed by atoms with van der Waals surface area (Å²) in [7, 11) is 2.72. The molecule has 0 radical (unpaired) electrons. The molecule has 0 aromatic carbocycles. The van der Waals surface area contributed by atoms with Gasteiger partial charge in [-0.05, 0) is 25.0 Å². The summed E-state index contributed by atoms with van der Waals surface area (Å²) in [5.74, 6) is 1.02. The molecule has 17 heavy (non-hydrogen) atoms. The number of nitrogens with two attached hydrogens (primary N) is 1. The number of hydrogen-bond acceptors (Lipinski definition) is 6. The second kappa shape index (κ2) is 5.49. The lowest BCUT2D eigenvalue weighted by molar-refractivity contribution is 0.357. The molecule has 2 rings (SSSR count). The van der Waals surface area contributed by atoms with E-state index in [-0.39, 0.29) is 0 Å². The van der Waals surface area contributed by atoms with Crippen LogP contribution in [0.3, 0.4) is 0 Å². The molecule has 1 saturated heterocycles. The number of rotatable bonds is 3. The molecule has 2 heterocycles. The summed E-state index contributed by atoms with van der Waals surface area (Å²) in [5.41, 5.74) is 8.46. The predicted molar refractivity (Wildman–Crippen MR) is 72.0 cm³/mol. The SMILES string of the molecule is Nc1ccc(NO)nc1NC1CCN(P)CC1. The molecule has 6 nitrogen and oxygen atoms in total. The summed E-state index contributed by atoms with van der Waals surface area (Å²) in [4.78, 5) is 4.19. The van der Waals surface area contributed by atoms with Crippen molar-refractivity contribution in [1.82, 2.24) is 9.65 Å². The fourth-order valence-corrected chi connectivity index (χ4v) is 2.18. The lowest BCUT2D eigenvalue weighted by Crippen LogP contribution is -2.34. The first kappa shape index (κ1) is 12.4. The summed E-state index contributed by atoms with van der Waals surface area (Å²) in [5, 5.41) is 12.1. The average molecular weight is 255 g/mol. The van der Waals surface area contributed by atoms with Crippen molar-refractivity contribution in [3.63, 3.8) is 0 Å². The second-order valence-electron chi connectivity index (χ2n) is 4.20. The van der Waals surface area contributed by atoms with Gasteiger partial charge in [0, 0.05) is 19.1 Å². The van der Waals surface area contributed by atoms with E-state index in [2.05, 4.69) is 24.4 Å². The van der Waals surface area contributed by atoms with E-state index >= 15 is 0 Å². The van der Waals surface area contributed by atoms with Crippen molar-refractivity contribution in [2.45, 2.75) is 18.9 Å². The summed E-state index contributed by atoms with van der Waals surface area (Å²) >= 11 is 0. The Hall–Kier alpha value is -1.10. The highest BCUT2D eigenvalue weighted by molar-refractivity contribution is 7.13. The zero-order chi connectivity index (χ0) is 12.3. The maximum Gasteiger partial charge on any atom is 0.152 e. The van der Waals surface area contributed by atoms with Gasteiger partial charge in [-0.2, -0.15) is 0 Å². The van der Waals surface area contributed by atoms with Gasteiger partial charge in [0.2, 0.25) is 0 Å². The molecule has 1 fully saturated rings. The minimum Gasteiger partial charge on any atom is -0.396 e. The second-order valence-corrected chi connectivity index (χ2v) is 4.93. The molecule has 0 saturated carbocycles. The van der Waals surface area contributed by atoms with Gasteiger partial charge in [0.05, 0.1) is 5.69 Å². The van der Waals surface area contributed by atoms with E-state index < -0.39 is 0 Å². The molecule has 1 aliphatic rings. The highest BCUT2D eigenvalue weighted by Crippen LogP contribution is 2.22. The van der Waals surface area contributed by atoms with E-state index in [4.69, 9.17) is 10.9 Å². The van der Waals surface area contributed by atoms with Crippen molar-refractivity contribution in [3.8, 4) is 0 Å². The van der Waals surface area contributed by atoms with Crippen molar-refractivity contribution in [2.24, 2.45) is 0 Å². The third-order valence-electron chi connectivity index (χ3n) is 2.91. The number of piperidine rings is 1. The van der Waals surface area contributed by atoms with E-state index in [0.29, 0.717) is 23.4 Å². The van der Waals surface area contributed by atoms with Crippen LogP contribution in [0.5, 0.6) is 0 Å². The number of pyridine rings is 1.